The van der Waals surface area contributed by atoms with E-state index in [1.165, 1.54) is 5.57 Å². The van der Waals surface area contributed by atoms with Gasteiger partial charge in [0.15, 0.2) is 11.5 Å². The van der Waals surface area contributed by atoms with E-state index >= 15 is 0 Å². The molecule has 2 aromatic carbocycles. The van der Waals surface area contributed by atoms with Gasteiger partial charge in [-0.15, -0.1) is 0 Å². The molecule has 5 heteroatoms. The fraction of sp³-hybridized carbons (Fsp3) is 0.280. The zero-order valence-corrected chi connectivity index (χ0v) is 19.5. The largest absolute Gasteiger partial charge is 0.504 e. The molecule has 1 aliphatic heterocycles. The maximum atomic E-state index is 10.0. The molecule has 3 rings (SSSR count). The Hall–Kier alpha value is -2.25. The molecule has 0 saturated carbocycles. The van der Waals surface area contributed by atoms with Crippen molar-refractivity contribution in [3.8, 4) is 17.2 Å². The number of hydrogen-bond acceptors (Lipinski definition) is 4. The Labute approximate surface area is 192 Å². The smallest absolute Gasteiger partial charge is 0.171 e. The molecular formula is C25H27IO4. The number of benzene rings is 2. The van der Waals surface area contributed by atoms with Crippen molar-refractivity contribution in [2.24, 2.45) is 0 Å². The second-order valence-corrected chi connectivity index (χ2v) is 8.43. The summed E-state index contributed by atoms with van der Waals surface area (Å²) < 4.78 is 17.8. The third-order valence-electron chi connectivity index (χ3n) is 5.00. The summed E-state index contributed by atoms with van der Waals surface area (Å²) in [7, 11) is 1.56. The quantitative estimate of drug-likeness (QED) is 0.405. The van der Waals surface area contributed by atoms with Crippen LogP contribution in [0.3, 0.4) is 0 Å². The van der Waals surface area contributed by atoms with Gasteiger partial charge < -0.3 is 19.3 Å². The van der Waals surface area contributed by atoms with Gasteiger partial charge >= 0.3 is 0 Å². The van der Waals surface area contributed by atoms with Crippen LogP contribution in [0.5, 0.6) is 17.2 Å². The fourth-order valence-corrected chi connectivity index (χ4v) is 4.03. The third kappa shape index (κ3) is 5.89. The van der Waals surface area contributed by atoms with Crippen LogP contribution in [-0.4, -0.2) is 31.5 Å². The fourth-order valence-electron chi connectivity index (χ4n) is 3.40. The molecular weight excluding hydrogens is 491 g/mol. The Kier molecular flexibility index (Phi) is 7.99. The van der Waals surface area contributed by atoms with Crippen LogP contribution >= 0.6 is 22.6 Å². The number of hydrogen-bond donors (Lipinski definition) is 1. The van der Waals surface area contributed by atoms with Crippen molar-refractivity contribution in [3.63, 3.8) is 0 Å². The van der Waals surface area contributed by atoms with E-state index in [1.807, 2.05) is 42.5 Å². The first kappa shape index (κ1) is 22.4. The standard InChI is InChI=1S/C25H27IO4/c1-17(13-19-14-22(26)25(27)24(15-19)28-3)9-10-23-21(11-12-29-23)18(2)16-30-20-7-5-4-6-8-20/h4-8,11,13-15,23,27H,2,9-10,12,16H2,1,3H3/b17-13+. The number of methoxy groups -OCH3 is 1. The molecule has 1 unspecified atom stereocenters. The van der Waals surface area contributed by atoms with E-state index in [-0.39, 0.29) is 11.9 Å². The molecule has 0 spiro atoms. The Balaban J connectivity index is 1.57. The van der Waals surface area contributed by atoms with Crippen molar-refractivity contribution in [3.05, 3.63) is 81.0 Å². The highest BCUT2D eigenvalue weighted by molar-refractivity contribution is 14.1. The molecule has 0 amide bonds. The molecule has 0 bridgehead atoms. The lowest BCUT2D eigenvalue weighted by Crippen LogP contribution is -2.14. The van der Waals surface area contributed by atoms with Gasteiger partial charge in [-0.1, -0.05) is 42.5 Å². The van der Waals surface area contributed by atoms with Gasteiger partial charge in [0, 0.05) is 0 Å². The normalized spacial score (nSPS) is 16.3. The van der Waals surface area contributed by atoms with Gasteiger partial charge in [-0.2, -0.15) is 0 Å². The summed E-state index contributed by atoms with van der Waals surface area (Å²) in [6.45, 7) is 7.38. The van der Waals surface area contributed by atoms with Gasteiger partial charge in [0.25, 0.3) is 0 Å². The summed E-state index contributed by atoms with van der Waals surface area (Å²) in [4.78, 5) is 0. The van der Waals surface area contributed by atoms with Crippen LogP contribution < -0.4 is 9.47 Å². The summed E-state index contributed by atoms with van der Waals surface area (Å²) in [5, 5.41) is 10.0. The van der Waals surface area contributed by atoms with E-state index in [0.29, 0.717) is 19.0 Å². The SMILES string of the molecule is C=C(COc1ccccc1)C1=CCOC1CC/C(C)=C/c1cc(I)c(O)c(OC)c1. The van der Waals surface area contributed by atoms with E-state index in [0.717, 1.165) is 38.9 Å². The number of aromatic hydroxyl groups is 1. The molecule has 0 aliphatic carbocycles. The lowest BCUT2D eigenvalue weighted by atomic mass is 9.97. The maximum Gasteiger partial charge on any atom is 0.171 e. The van der Waals surface area contributed by atoms with E-state index in [9.17, 15) is 5.11 Å². The van der Waals surface area contributed by atoms with Gasteiger partial charge in [-0.3, -0.25) is 0 Å². The van der Waals surface area contributed by atoms with Crippen LogP contribution in [0.1, 0.15) is 25.3 Å². The van der Waals surface area contributed by atoms with Crippen molar-refractivity contribution in [2.75, 3.05) is 20.3 Å². The van der Waals surface area contributed by atoms with Crippen LogP contribution in [0.25, 0.3) is 6.08 Å². The van der Waals surface area contributed by atoms with Crippen molar-refractivity contribution < 1.29 is 19.3 Å². The zero-order valence-electron chi connectivity index (χ0n) is 17.4. The number of halogens is 1. The van der Waals surface area contributed by atoms with E-state index in [2.05, 4.69) is 48.2 Å². The number of phenolic OH excluding ortho intramolecular Hbond substituents is 1. The lowest BCUT2D eigenvalue weighted by Gasteiger charge is -2.17. The van der Waals surface area contributed by atoms with Crippen molar-refractivity contribution in [1.82, 2.24) is 0 Å². The van der Waals surface area contributed by atoms with Gasteiger partial charge in [0.05, 0.1) is 23.4 Å². The molecule has 1 atom stereocenters. The van der Waals surface area contributed by atoms with Crippen molar-refractivity contribution in [1.29, 1.82) is 0 Å². The molecule has 158 valence electrons. The van der Waals surface area contributed by atoms with Crippen molar-refractivity contribution >= 4 is 28.7 Å². The van der Waals surface area contributed by atoms with E-state index in [4.69, 9.17) is 14.2 Å². The molecule has 4 nitrogen and oxygen atoms in total. The molecule has 0 radical (unpaired) electrons. The predicted molar refractivity (Wildman–Crippen MR) is 129 cm³/mol. The minimum atomic E-state index is 0.0368. The predicted octanol–water partition coefficient (Wildman–Crippen LogP) is 6.15. The van der Waals surface area contributed by atoms with Crippen LogP contribution in [-0.2, 0) is 4.74 Å². The highest BCUT2D eigenvalue weighted by atomic mass is 127. The van der Waals surface area contributed by atoms with Crippen LogP contribution in [0, 0.1) is 3.57 Å². The van der Waals surface area contributed by atoms with E-state index < -0.39 is 0 Å². The second-order valence-electron chi connectivity index (χ2n) is 7.27. The van der Waals surface area contributed by atoms with Gasteiger partial charge in [-0.05, 0) is 83.3 Å². The first-order chi connectivity index (χ1) is 14.5. The topological polar surface area (TPSA) is 47.9 Å². The number of phenols is 1. The van der Waals surface area contributed by atoms with Gasteiger partial charge in [-0.25, -0.2) is 0 Å². The first-order valence-electron chi connectivity index (χ1n) is 9.89. The van der Waals surface area contributed by atoms with Crippen LogP contribution in [0.2, 0.25) is 0 Å². The van der Waals surface area contributed by atoms with Crippen LogP contribution in [0.15, 0.2) is 71.8 Å². The average molecular weight is 518 g/mol. The molecule has 1 N–H and O–H groups in total. The molecule has 0 fully saturated rings. The summed E-state index contributed by atoms with van der Waals surface area (Å²) in [5.41, 5.74) is 4.34. The minimum Gasteiger partial charge on any atom is -0.504 e. The number of para-hydroxylation sites is 1. The van der Waals surface area contributed by atoms with Crippen LogP contribution in [0.4, 0.5) is 0 Å². The summed E-state index contributed by atoms with van der Waals surface area (Å²) >= 11 is 2.11. The first-order valence-corrected chi connectivity index (χ1v) is 11.0. The molecule has 0 saturated heterocycles. The maximum absolute atomic E-state index is 10.0. The average Bonchev–Trinajstić information content (AvgIpc) is 3.22. The molecule has 1 aliphatic rings. The number of rotatable bonds is 9. The number of ether oxygens (including phenoxy) is 3. The minimum absolute atomic E-state index is 0.0368. The summed E-state index contributed by atoms with van der Waals surface area (Å²) in [6.07, 6.45) is 6.04. The lowest BCUT2D eigenvalue weighted by molar-refractivity contribution is 0.116. The third-order valence-corrected chi connectivity index (χ3v) is 5.82. The second kappa shape index (κ2) is 10.7. The monoisotopic (exact) mass is 518 g/mol. The molecule has 0 aromatic heterocycles. The summed E-state index contributed by atoms with van der Waals surface area (Å²) in [5.74, 6) is 1.51. The number of allylic oxidation sites excluding steroid dienone is 1. The van der Waals surface area contributed by atoms with Gasteiger partial charge in [0.1, 0.15) is 12.4 Å². The Morgan fingerprint density at radius 2 is 2.07 bits per heavy atom. The molecule has 1 heterocycles. The molecule has 30 heavy (non-hydrogen) atoms. The Morgan fingerprint density at radius 1 is 1.30 bits per heavy atom. The Morgan fingerprint density at radius 3 is 2.80 bits per heavy atom. The zero-order chi connectivity index (χ0) is 21.5. The highest BCUT2D eigenvalue weighted by Gasteiger charge is 2.22. The highest BCUT2D eigenvalue weighted by Crippen LogP contribution is 2.33. The van der Waals surface area contributed by atoms with Gasteiger partial charge in [0.2, 0.25) is 0 Å². The van der Waals surface area contributed by atoms with E-state index in [1.54, 1.807) is 7.11 Å². The molecule has 2 aromatic rings. The van der Waals surface area contributed by atoms with Crippen molar-refractivity contribution in [2.45, 2.75) is 25.9 Å². The summed E-state index contributed by atoms with van der Waals surface area (Å²) in [6, 6.07) is 13.6. The Bertz CT molecular complexity index is 947.